The van der Waals surface area contributed by atoms with Crippen LogP contribution in [0, 0.1) is 6.92 Å². The van der Waals surface area contributed by atoms with Crippen LogP contribution in [-0.4, -0.2) is 26.9 Å². The van der Waals surface area contributed by atoms with Gasteiger partial charge in [0.1, 0.15) is 0 Å². The van der Waals surface area contributed by atoms with E-state index >= 15 is 0 Å². The predicted octanol–water partition coefficient (Wildman–Crippen LogP) is 9.50. The minimum absolute atomic E-state index is 0.0215. The van der Waals surface area contributed by atoms with Crippen LogP contribution in [0.5, 0.6) is 0 Å². The van der Waals surface area contributed by atoms with Crippen LogP contribution in [0.15, 0.2) is 194 Å². The second kappa shape index (κ2) is 15.9. The van der Waals surface area contributed by atoms with Crippen LogP contribution in [0.4, 0.5) is 68.2 Å². The Morgan fingerprint density at radius 2 is 0.628 bits per heavy atom. The summed E-state index contributed by atoms with van der Waals surface area (Å²) in [6, 6.07) is 75.8. The van der Waals surface area contributed by atoms with E-state index in [4.69, 9.17) is 0 Å². The van der Waals surface area contributed by atoms with Crippen molar-refractivity contribution in [3.8, 4) is 0 Å². The predicted molar refractivity (Wildman–Crippen MR) is 337 cm³/mol. The lowest BCUT2D eigenvalue weighted by Gasteiger charge is -2.56. The maximum atomic E-state index is 2.76. The smallest absolute Gasteiger partial charge is 0.252 e. The van der Waals surface area contributed by atoms with E-state index in [1.54, 1.807) is 0 Å². The molecule has 17 rings (SSSR count). The van der Waals surface area contributed by atoms with Crippen molar-refractivity contribution in [2.45, 2.75) is 66.2 Å². The van der Waals surface area contributed by atoms with Gasteiger partial charge in [0.15, 0.2) is 0 Å². The summed E-state index contributed by atoms with van der Waals surface area (Å²) in [5.41, 5.74) is 37.7. The molecule has 0 saturated carbocycles. The number of para-hydroxylation sites is 6. The van der Waals surface area contributed by atoms with Crippen LogP contribution in [0.3, 0.4) is 0 Å². The lowest BCUT2D eigenvalue weighted by atomic mass is 9.24. The van der Waals surface area contributed by atoms with Crippen molar-refractivity contribution in [3.63, 3.8) is 0 Å². The van der Waals surface area contributed by atoms with Crippen molar-refractivity contribution in [1.29, 1.82) is 0 Å². The van der Waals surface area contributed by atoms with E-state index < -0.39 is 0 Å². The number of hydrogen-bond donors (Lipinski definition) is 0. The zero-order valence-electron chi connectivity index (χ0n) is 45.3. The van der Waals surface area contributed by atoms with Gasteiger partial charge in [0.25, 0.3) is 20.1 Å². The molecule has 7 aliphatic heterocycles. The normalized spacial score (nSPS) is 14.7. The van der Waals surface area contributed by atoms with Crippen LogP contribution in [0.2, 0.25) is 0 Å². The largest absolute Gasteiger partial charge is 0.312 e. The maximum Gasteiger partial charge on any atom is 0.252 e. The Kier molecular flexibility index (Phi) is 9.12. The molecule has 368 valence electrons. The molecule has 0 aromatic heterocycles. The van der Waals surface area contributed by atoms with Crippen molar-refractivity contribution in [2.75, 3.05) is 19.6 Å². The van der Waals surface area contributed by atoms with Crippen molar-refractivity contribution < 1.29 is 0 Å². The Morgan fingerprint density at radius 1 is 0.282 bits per heavy atom. The number of benzene rings is 10. The van der Waals surface area contributed by atoms with E-state index in [2.05, 4.69) is 262 Å². The zero-order chi connectivity index (χ0) is 52.1. The van der Waals surface area contributed by atoms with Gasteiger partial charge >= 0.3 is 0 Å². The summed E-state index contributed by atoms with van der Waals surface area (Å²) in [7, 11) is 0. The monoisotopic (exact) mass is 996 g/mol. The molecule has 0 bridgehead atoms. The molecule has 8 heteroatoms. The number of aryl methyl sites for hydroxylation is 1. The highest BCUT2D eigenvalue weighted by Gasteiger charge is 2.58. The van der Waals surface area contributed by atoms with Gasteiger partial charge in [-0.2, -0.15) is 0 Å². The number of rotatable bonds is 5. The molecule has 0 fully saturated rings. The van der Waals surface area contributed by atoms with Crippen molar-refractivity contribution in [1.82, 2.24) is 0 Å². The first kappa shape index (κ1) is 44.8. The molecule has 78 heavy (non-hydrogen) atoms. The Labute approximate surface area is 460 Å². The molecule has 7 heterocycles. The van der Waals surface area contributed by atoms with Gasteiger partial charge < -0.3 is 19.6 Å². The van der Waals surface area contributed by atoms with Gasteiger partial charge in [-0.05, 0) is 156 Å². The van der Waals surface area contributed by atoms with Crippen LogP contribution < -0.4 is 85.2 Å². The Bertz CT molecular complexity index is 4250. The number of hydrogen-bond acceptors (Lipinski definition) is 4. The van der Waals surface area contributed by atoms with E-state index in [1.165, 1.54) is 156 Å². The maximum absolute atomic E-state index is 2.76. The molecule has 0 aliphatic carbocycles. The molecule has 4 nitrogen and oxygen atoms in total. The molecule has 0 spiro atoms. The molecule has 0 unspecified atom stereocenters. The molecule has 10 aromatic carbocycles. The summed E-state index contributed by atoms with van der Waals surface area (Å²) in [4.78, 5) is 10.7. The fourth-order valence-electron chi connectivity index (χ4n) is 15.9. The van der Waals surface area contributed by atoms with Gasteiger partial charge in [-0.15, -0.1) is 0 Å². The Morgan fingerprint density at radius 3 is 1.05 bits per heavy atom. The van der Waals surface area contributed by atoms with E-state index in [0.29, 0.717) is 17.8 Å². The summed E-state index contributed by atoms with van der Waals surface area (Å²) in [6.45, 7) is 16.7. The highest BCUT2D eigenvalue weighted by molar-refractivity contribution is 7.09. The van der Waals surface area contributed by atoms with E-state index in [0.717, 1.165) is 0 Å². The van der Waals surface area contributed by atoms with Gasteiger partial charge in [0.05, 0.1) is 0 Å². The van der Waals surface area contributed by atoms with Crippen LogP contribution in [0.1, 0.15) is 81.5 Å². The first-order valence-electron chi connectivity index (χ1n) is 28.6. The Hall–Kier alpha value is -8.34. The third-order valence-electron chi connectivity index (χ3n) is 19.0. The molecule has 10 aromatic rings. The van der Waals surface area contributed by atoms with Gasteiger partial charge in [0.2, 0.25) is 6.71 Å². The topological polar surface area (TPSA) is 13.0 Å². The van der Waals surface area contributed by atoms with Gasteiger partial charge in [-0.1, -0.05) is 192 Å². The second-order valence-corrected chi connectivity index (χ2v) is 24.1. The second-order valence-electron chi connectivity index (χ2n) is 24.1. The summed E-state index contributed by atoms with van der Waals surface area (Å²) < 4.78 is 0. The van der Waals surface area contributed by atoms with Crippen molar-refractivity contribution >= 4 is 161 Å². The van der Waals surface area contributed by atoms with Crippen molar-refractivity contribution in [3.05, 3.63) is 216 Å². The average Bonchev–Trinajstić information content (AvgIpc) is 1.39. The molecular weight excluding hydrogens is 940 g/mol. The molecule has 0 atom stereocenters. The summed E-state index contributed by atoms with van der Waals surface area (Å²) >= 11 is 0. The minimum Gasteiger partial charge on any atom is -0.312 e. The number of anilines is 12. The lowest BCUT2D eigenvalue weighted by Crippen LogP contribution is -2.75. The Balaban J connectivity index is 1.06. The standard InChI is InChI=1S/C70H56B4N4/c1-40(2)44-36-46(41(3)4)64(47(37-44)42(5)6)74-53-35-43(7)33-34-61(53)75(45-21-9-8-10-22-45)62-39-63-55(38-54(62)74)73-52-27-15-19-31-59(52)77-58-30-18-12-24-49(58)71-48-23-11-16-28-56(48)76-57-29-17-13-25-50(57)72-51-26-14-20-32-60(51)78(63)70-66(72)68(76)65(71)69(77)67(70)73/h8-42H,1-7H3. The van der Waals surface area contributed by atoms with Crippen molar-refractivity contribution in [2.24, 2.45) is 0 Å². The van der Waals surface area contributed by atoms with E-state index in [1.807, 2.05) is 0 Å². The van der Waals surface area contributed by atoms with Crippen LogP contribution in [-0.2, 0) is 0 Å². The highest BCUT2D eigenvalue weighted by Crippen LogP contribution is 2.52. The molecule has 0 radical (unpaired) electrons. The van der Waals surface area contributed by atoms with Gasteiger partial charge in [0, 0.05) is 68.2 Å². The highest BCUT2D eigenvalue weighted by atomic mass is 15.2. The van der Waals surface area contributed by atoms with Crippen LogP contribution in [0.25, 0.3) is 0 Å². The summed E-state index contributed by atoms with van der Waals surface area (Å²) in [5, 5.41) is 0. The lowest BCUT2D eigenvalue weighted by molar-refractivity contribution is 0.812. The SMILES string of the molecule is Cc1ccc2c(c1)B(c1c(C(C)C)cc(C(C)C)cc1C(C)C)c1cc3c(cc1N2c1ccccc1)N1c2ccccc2B2c4ccccc4N4c5ccccc5B5c6ccccc6N6c7ccccc7B3c3c6c5c4c2c31. The zero-order valence-corrected chi connectivity index (χ0v) is 45.3. The molecule has 0 saturated heterocycles. The quantitative estimate of drug-likeness (QED) is 0.160. The number of fused-ring (bicyclic) bond motifs is 20. The molecular formula is C70H56B4N4. The van der Waals surface area contributed by atoms with Gasteiger partial charge in [-0.25, -0.2) is 0 Å². The molecule has 0 N–H and O–H groups in total. The summed E-state index contributed by atoms with van der Waals surface area (Å²) in [6.07, 6.45) is 0. The molecule has 7 aliphatic rings. The van der Waals surface area contributed by atoms with E-state index in [9.17, 15) is 0 Å². The van der Waals surface area contributed by atoms with Gasteiger partial charge in [-0.3, -0.25) is 0 Å². The third kappa shape index (κ3) is 5.60. The fourth-order valence-corrected chi connectivity index (χ4v) is 15.9. The first-order valence-corrected chi connectivity index (χ1v) is 28.6. The molecule has 0 amide bonds. The third-order valence-corrected chi connectivity index (χ3v) is 19.0. The first-order chi connectivity index (χ1) is 38.2. The number of nitrogens with zero attached hydrogens (tertiary/aromatic N) is 4. The average molecular weight is 996 g/mol. The van der Waals surface area contributed by atoms with Crippen LogP contribution >= 0.6 is 0 Å². The van der Waals surface area contributed by atoms with E-state index in [-0.39, 0.29) is 26.9 Å². The summed E-state index contributed by atoms with van der Waals surface area (Å²) in [5.74, 6) is 1.06. The minimum atomic E-state index is -0.0534. The fraction of sp³-hybridized carbons (Fsp3) is 0.143.